The van der Waals surface area contributed by atoms with Crippen LogP contribution in [0.5, 0.6) is 0 Å². The van der Waals surface area contributed by atoms with Gasteiger partial charge >= 0.3 is 0 Å². The molecule has 0 unspecified atom stereocenters. The minimum absolute atomic E-state index is 1.20. The van der Waals surface area contributed by atoms with Crippen LogP contribution < -0.4 is 4.90 Å². The maximum absolute atomic E-state index is 2.49. The number of nitrogens with zero attached hydrogens (tertiary/aromatic N) is 2. The van der Waals surface area contributed by atoms with E-state index in [9.17, 15) is 0 Å². The highest BCUT2D eigenvalue weighted by molar-refractivity contribution is 5.73. The third kappa shape index (κ3) is 1.97. The maximum atomic E-state index is 2.49. The molecule has 0 aliphatic carbocycles. The fraction of sp³-hybridized carbons (Fsp3) is 0.222. The van der Waals surface area contributed by atoms with Crippen molar-refractivity contribution in [1.82, 2.24) is 4.40 Å². The van der Waals surface area contributed by atoms with Crippen molar-refractivity contribution in [1.29, 1.82) is 0 Å². The predicted octanol–water partition coefficient (Wildman–Crippen LogP) is 4.21. The lowest BCUT2D eigenvalue weighted by Crippen LogP contribution is -2.17. The second-order valence-corrected chi connectivity index (χ2v) is 5.51. The Morgan fingerprint density at radius 2 is 1.70 bits per heavy atom. The van der Waals surface area contributed by atoms with Crippen molar-refractivity contribution in [2.75, 3.05) is 18.0 Å². The van der Waals surface area contributed by atoms with Gasteiger partial charge in [-0.05, 0) is 48.7 Å². The predicted molar refractivity (Wildman–Crippen MR) is 84.3 cm³/mol. The van der Waals surface area contributed by atoms with E-state index in [-0.39, 0.29) is 0 Å². The van der Waals surface area contributed by atoms with Gasteiger partial charge in [-0.2, -0.15) is 0 Å². The van der Waals surface area contributed by atoms with E-state index in [1.807, 2.05) is 0 Å². The standard InChI is InChI=1S/C18H18N2/c1-2-11-20-14-16(13-18(20)7-1)15-6-5-8-17(12-15)19-9-3-4-10-19/h1-2,5-8,11-14H,3-4,9-10H2. The zero-order valence-corrected chi connectivity index (χ0v) is 11.5. The Labute approximate surface area is 119 Å². The molecular formula is C18H18N2. The normalized spacial score (nSPS) is 15.1. The van der Waals surface area contributed by atoms with E-state index < -0.39 is 0 Å². The number of hydrogen-bond donors (Lipinski definition) is 0. The van der Waals surface area contributed by atoms with Crippen LogP contribution in [0.4, 0.5) is 5.69 Å². The summed E-state index contributed by atoms with van der Waals surface area (Å²) in [6, 6.07) is 17.5. The summed E-state index contributed by atoms with van der Waals surface area (Å²) in [5, 5.41) is 0. The first-order valence-electron chi connectivity index (χ1n) is 7.32. The largest absolute Gasteiger partial charge is 0.372 e. The van der Waals surface area contributed by atoms with E-state index in [1.54, 1.807) is 0 Å². The first-order valence-corrected chi connectivity index (χ1v) is 7.32. The minimum atomic E-state index is 1.20. The van der Waals surface area contributed by atoms with E-state index in [0.29, 0.717) is 0 Å². The molecule has 0 saturated carbocycles. The SMILES string of the molecule is c1cc(-c2cc3ccccn3c2)cc(N2CCCC2)c1. The van der Waals surface area contributed by atoms with Gasteiger partial charge in [-0.1, -0.05) is 18.2 Å². The molecule has 0 atom stereocenters. The summed E-state index contributed by atoms with van der Waals surface area (Å²) in [7, 11) is 0. The van der Waals surface area contributed by atoms with Crippen LogP contribution in [0.25, 0.3) is 16.6 Å². The zero-order valence-electron chi connectivity index (χ0n) is 11.5. The Bertz CT molecular complexity index is 703. The molecule has 1 aromatic carbocycles. The number of aromatic nitrogens is 1. The number of rotatable bonds is 2. The summed E-state index contributed by atoms with van der Waals surface area (Å²) < 4.78 is 2.18. The van der Waals surface area contributed by atoms with Crippen LogP contribution in [0.1, 0.15) is 12.8 Å². The molecule has 0 bridgehead atoms. The Balaban J connectivity index is 1.75. The third-order valence-electron chi connectivity index (χ3n) is 4.16. The van der Waals surface area contributed by atoms with Crippen LogP contribution in [-0.2, 0) is 0 Å². The van der Waals surface area contributed by atoms with Gasteiger partial charge in [0.15, 0.2) is 0 Å². The van der Waals surface area contributed by atoms with Gasteiger partial charge in [-0.15, -0.1) is 0 Å². The number of pyridine rings is 1. The fourth-order valence-corrected chi connectivity index (χ4v) is 3.07. The number of anilines is 1. The Morgan fingerprint density at radius 3 is 2.55 bits per heavy atom. The van der Waals surface area contributed by atoms with Gasteiger partial charge in [-0.25, -0.2) is 0 Å². The molecule has 1 aliphatic rings. The van der Waals surface area contributed by atoms with Crippen molar-refractivity contribution in [2.45, 2.75) is 12.8 Å². The molecule has 0 spiro atoms. The van der Waals surface area contributed by atoms with Gasteiger partial charge in [0.25, 0.3) is 0 Å². The second-order valence-electron chi connectivity index (χ2n) is 5.51. The lowest BCUT2D eigenvalue weighted by atomic mass is 10.1. The summed E-state index contributed by atoms with van der Waals surface area (Å²) in [4.78, 5) is 2.49. The lowest BCUT2D eigenvalue weighted by Gasteiger charge is -2.18. The van der Waals surface area contributed by atoms with Crippen molar-refractivity contribution in [3.63, 3.8) is 0 Å². The zero-order chi connectivity index (χ0) is 13.4. The Hall–Kier alpha value is -2.22. The second kappa shape index (κ2) is 4.71. The monoisotopic (exact) mass is 262 g/mol. The summed E-state index contributed by atoms with van der Waals surface area (Å²) in [5.74, 6) is 0. The lowest BCUT2D eigenvalue weighted by molar-refractivity contribution is 0.949. The van der Waals surface area contributed by atoms with E-state index in [1.165, 1.54) is 48.3 Å². The third-order valence-corrected chi connectivity index (χ3v) is 4.16. The molecule has 0 N–H and O–H groups in total. The molecule has 0 radical (unpaired) electrons. The molecule has 1 aliphatic heterocycles. The molecule has 3 heterocycles. The van der Waals surface area contributed by atoms with Gasteiger partial charge in [0.2, 0.25) is 0 Å². The highest BCUT2D eigenvalue weighted by atomic mass is 15.1. The van der Waals surface area contributed by atoms with Crippen LogP contribution >= 0.6 is 0 Å². The quantitative estimate of drug-likeness (QED) is 0.671. The highest BCUT2D eigenvalue weighted by Crippen LogP contribution is 2.28. The highest BCUT2D eigenvalue weighted by Gasteiger charge is 2.12. The molecule has 2 aromatic heterocycles. The van der Waals surface area contributed by atoms with E-state index >= 15 is 0 Å². The molecule has 2 nitrogen and oxygen atoms in total. The van der Waals surface area contributed by atoms with Crippen molar-refractivity contribution < 1.29 is 0 Å². The van der Waals surface area contributed by atoms with E-state index in [2.05, 4.69) is 70.2 Å². The molecule has 20 heavy (non-hydrogen) atoms. The van der Waals surface area contributed by atoms with E-state index in [0.717, 1.165) is 0 Å². The van der Waals surface area contributed by atoms with E-state index in [4.69, 9.17) is 0 Å². The number of benzene rings is 1. The van der Waals surface area contributed by atoms with Crippen LogP contribution in [0.3, 0.4) is 0 Å². The van der Waals surface area contributed by atoms with Crippen LogP contribution in [0.15, 0.2) is 60.9 Å². The Morgan fingerprint density at radius 1 is 0.800 bits per heavy atom. The van der Waals surface area contributed by atoms with Gasteiger partial charge in [0.1, 0.15) is 0 Å². The molecule has 2 heteroatoms. The molecule has 3 aromatic rings. The maximum Gasteiger partial charge on any atom is 0.0456 e. The number of hydrogen-bond acceptors (Lipinski definition) is 1. The fourth-order valence-electron chi connectivity index (χ4n) is 3.07. The molecule has 0 amide bonds. The minimum Gasteiger partial charge on any atom is -0.372 e. The van der Waals surface area contributed by atoms with Crippen LogP contribution in [-0.4, -0.2) is 17.5 Å². The van der Waals surface area contributed by atoms with Crippen molar-refractivity contribution in [3.8, 4) is 11.1 Å². The van der Waals surface area contributed by atoms with Gasteiger partial charge in [0.05, 0.1) is 0 Å². The average molecular weight is 262 g/mol. The topological polar surface area (TPSA) is 7.65 Å². The molecule has 100 valence electrons. The van der Waals surface area contributed by atoms with Gasteiger partial charge < -0.3 is 9.30 Å². The number of fused-ring (bicyclic) bond motifs is 1. The summed E-state index contributed by atoms with van der Waals surface area (Å²) in [5.41, 5.74) is 5.19. The van der Waals surface area contributed by atoms with Gasteiger partial charge in [-0.3, -0.25) is 0 Å². The smallest absolute Gasteiger partial charge is 0.0456 e. The van der Waals surface area contributed by atoms with Gasteiger partial charge in [0, 0.05) is 42.3 Å². The summed E-state index contributed by atoms with van der Waals surface area (Å²) >= 11 is 0. The molecule has 1 fully saturated rings. The first-order chi connectivity index (χ1) is 9.90. The van der Waals surface area contributed by atoms with Crippen molar-refractivity contribution in [3.05, 3.63) is 60.9 Å². The van der Waals surface area contributed by atoms with Crippen molar-refractivity contribution >= 4 is 11.2 Å². The summed E-state index contributed by atoms with van der Waals surface area (Å²) in [6.45, 7) is 2.39. The van der Waals surface area contributed by atoms with Crippen LogP contribution in [0, 0.1) is 0 Å². The van der Waals surface area contributed by atoms with Crippen LogP contribution in [0.2, 0.25) is 0 Å². The first kappa shape index (κ1) is 11.6. The molecular weight excluding hydrogens is 244 g/mol. The Kier molecular flexibility index (Phi) is 2.73. The van der Waals surface area contributed by atoms with Crippen molar-refractivity contribution in [2.24, 2.45) is 0 Å². The molecule has 4 rings (SSSR count). The average Bonchev–Trinajstić information content (AvgIpc) is 3.16. The summed E-state index contributed by atoms with van der Waals surface area (Å²) in [6.07, 6.45) is 6.95. The molecule has 1 saturated heterocycles.